The van der Waals surface area contributed by atoms with E-state index in [0.29, 0.717) is 11.6 Å². The molecule has 0 aromatic heterocycles. The van der Waals surface area contributed by atoms with Gasteiger partial charge in [-0.1, -0.05) is 11.6 Å². The Hall–Kier alpha value is -1.66. The first-order chi connectivity index (χ1) is 8.58. The molecule has 6 nitrogen and oxygen atoms in total. The number of halogens is 1. The van der Waals surface area contributed by atoms with Crippen molar-refractivity contribution >= 4 is 28.9 Å². The number of nitrogens with one attached hydrogen (secondary N) is 2. The maximum absolute atomic E-state index is 11.9. The van der Waals surface area contributed by atoms with Crippen molar-refractivity contribution in [2.24, 2.45) is 5.92 Å². The number of benzene rings is 1. The zero-order valence-corrected chi connectivity index (χ0v) is 10.2. The molecule has 0 aliphatic carbocycles. The molecule has 1 amide bonds. The van der Waals surface area contributed by atoms with Crippen LogP contribution in [0.1, 0.15) is 6.42 Å². The molecule has 96 valence electrons. The lowest BCUT2D eigenvalue weighted by molar-refractivity contribution is -0.383. The Balaban J connectivity index is 2.19. The summed E-state index contributed by atoms with van der Waals surface area (Å²) in [5.41, 5.74) is -0.0110. The van der Waals surface area contributed by atoms with E-state index in [9.17, 15) is 14.9 Å². The van der Waals surface area contributed by atoms with Crippen LogP contribution in [0.15, 0.2) is 18.2 Å². The van der Waals surface area contributed by atoms with E-state index in [1.165, 1.54) is 18.2 Å². The fraction of sp³-hybridized carbons (Fsp3) is 0.364. The first-order valence-corrected chi connectivity index (χ1v) is 5.91. The summed E-state index contributed by atoms with van der Waals surface area (Å²) in [5.74, 6) is -0.367. The molecular formula is C11H12ClN3O3. The second-order valence-corrected chi connectivity index (χ2v) is 4.53. The van der Waals surface area contributed by atoms with Gasteiger partial charge in [0.15, 0.2) is 0 Å². The molecule has 1 aromatic carbocycles. The van der Waals surface area contributed by atoms with Crippen molar-refractivity contribution in [1.29, 1.82) is 0 Å². The number of nitro benzene ring substituents is 1. The summed E-state index contributed by atoms with van der Waals surface area (Å²) in [5, 5.41) is 16.8. The highest BCUT2D eigenvalue weighted by Gasteiger charge is 2.24. The topological polar surface area (TPSA) is 84.3 Å². The zero-order valence-electron chi connectivity index (χ0n) is 9.48. The van der Waals surface area contributed by atoms with Crippen molar-refractivity contribution in [2.75, 3.05) is 18.4 Å². The summed E-state index contributed by atoms with van der Waals surface area (Å²) in [6, 6.07) is 4.09. The van der Waals surface area contributed by atoms with Crippen LogP contribution in [-0.4, -0.2) is 23.9 Å². The van der Waals surface area contributed by atoms with E-state index < -0.39 is 4.92 Å². The van der Waals surface area contributed by atoms with Crippen molar-refractivity contribution in [1.82, 2.24) is 5.32 Å². The van der Waals surface area contributed by atoms with Crippen molar-refractivity contribution in [2.45, 2.75) is 6.42 Å². The molecule has 2 N–H and O–H groups in total. The lowest BCUT2D eigenvalue weighted by atomic mass is 10.1. The third kappa shape index (κ3) is 2.77. The van der Waals surface area contributed by atoms with E-state index in [0.717, 1.165) is 13.0 Å². The number of hydrogen-bond donors (Lipinski definition) is 2. The molecule has 1 atom stereocenters. The van der Waals surface area contributed by atoms with Gasteiger partial charge in [0.1, 0.15) is 5.69 Å². The molecule has 1 heterocycles. The summed E-state index contributed by atoms with van der Waals surface area (Å²) in [6.07, 6.45) is 0.736. The third-order valence-corrected chi connectivity index (χ3v) is 3.08. The van der Waals surface area contributed by atoms with Crippen LogP contribution in [0.4, 0.5) is 11.4 Å². The van der Waals surface area contributed by atoms with Crippen molar-refractivity contribution in [3.8, 4) is 0 Å². The molecule has 0 saturated carbocycles. The minimum Gasteiger partial charge on any atom is -0.320 e. The number of rotatable bonds is 3. The molecule has 0 spiro atoms. The van der Waals surface area contributed by atoms with Gasteiger partial charge in [0.05, 0.1) is 10.8 Å². The van der Waals surface area contributed by atoms with E-state index in [4.69, 9.17) is 11.6 Å². The van der Waals surface area contributed by atoms with E-state index in [1.807, 2.05) is 0 Å². The largest absolute Gasteiger partial charge is 0.320 e. The Kier molecular flexibility index (Phi) is 3.78. The summed E-state index contributed by atoms with van der Waals surface area (Å²) in [4.78, 5) is 22.2. The maximum Gasteiger partial charge on any atom is 0.292 e. The molecule has 1 aliphatic heterocycles. The van der Waals surface area contributed by atoms with Gasteiger partial charge in [-0.15, -0.1) is 0 Å². The molecule has 0 radical (unpaired) electrons. The van der Waals surface area contributed by atoms with E-state index >= 15 is 0 Å². The fourth-order valence-corrected chi connectivity index (χ4v) is 2.05. The van der Waals surface area contributed by atoms with Gasteiger partial charge in [0.25, 0.3) is 5.69 Å². The third-order valence-electron chi connectivity index (χ3n) is 2.84. The number of nitro groups is 1. The predicted octanol–water partition coefficient (Wildman–Crippen LogP) is 1.80. The number of carbonyl (C=O) groups is 1. The van der Waals surface area contributed by atoms with Crippen LogP contribution in [0, 0.1) is 16.0 Å². The normalized spacial score (nSPS) is 18.6. The number of amides is 1. The lowest BCUT2D eigenvalue weighted by Crippen LogP contribution is -2.25. The van der Waals surface area contributed by atoms with Gasteiger partial charge in [-0.3, -0.25) is 14.9 Å². The van der Waals surface area contributed by atoms with Gasteiger partial charge in [0, 0.05) is 17.6 Å². The quantitative estimate of drug-likeness (QED) is 0.647. The van der Waals surface area contributed by atoms with Crippen molar-refractivity contribution in [3.05, 3.63) is 33.3 Å². The van der Waals surface area contributed by atoms with Crippen molar-refractivity contribution in [3.63, 3.8) is 0 Å². The minimum absolute atomic E-state index is 0.143. The van der Waals surface area contributed by atoms with Gasteiger partial charge in [-0.25, -0.2) is 0 Å². The smallest absolute Gasteiger partial charge is 0.292 e. The first kappa shape index (κ1) is 12.8. The molecule has 7 heteroatoms. The Morgan fingerprint density at radius 3 is 2.94 bits per heavy atom. The Labute approximate surface area is 108 Å². The zero-order chi connectivity index (χ0) is 13.1. The molecule has 1 aromatic rings. The fourth-order valence-electron chi connectivity index (χ4n) is 1.88. The Morgan fingerprint density at radius 2 is 2.33 bits per heavy atom. The number of nitrogens with zero attached hydrogens (tertiary/aromatic N) is 1. The SMILES string of the molecule is O=C(Nc1cc(Cl)ccc1[N+](=O)[O-])C1CCNC1. The van der Waals surface area contributed by atoms with Crippen molar-refractivity contribution < 1.29 is 9.72 Å². The highest BCUT2D eigenvalue weighted by Crippen LogP contribution is 2.28. The van der Waals surface area contributed by atoms with Crippen LogP contribution < -0.4 is 10.6 Å². The van der Waals surface area contributed by atoms with Gasteiger partial charge >= 0.3 is 0 Å². The van der Waals surface area contributed by atoms with Gasteiger partial charge in [-0.05, 0) is 25.1 Å². The molecule has 18 heavy (non-hydrogen) atoms. The molecule has 0 bridgehead atoms. The minimum atomic E-state index is -0.543. The van der Waals surface area contributed by atoms with Crippen LogP contribution in [0.25, 0.3) is 0 Å². The number of hydrogen-bond acceptors (Lipinski definition) is 4. The molecule has 1 fully saturated rings. The first-order valence-electron chi connectivity index (χ1n) is 5.53. The number of carbonyl (C=O) groups excluding carboxylic acids is 1. The predicted molar refractivity (Wildman–Crippen MR) is 67.7 cm³/mol. The molecule has 1 unspecified atom stereocenters. The second kappa shape index (κ2) is 5.32. The van der Waals surface area contributed by atoms with E-state index in [1.54, 1.807) is 0 Å². The van der Waals surface area contributed by atoms with Gasteiger partial charge in [-0.2, -0.15) is 0 Å². The Morgan fingerprint density at radius 1 is 1.56 bits per heavy atom. The highest BCUT2D eigenvalue weighted by atomic mass is 35.5. The van der Waals surface area contributed by atoms with Crippen LogP contribution in [0.5, 0.6) is 0 Å². The summed E-state index contributed by atoms with van der Waals surface area (Å²) >= 11 is 5.78. The van der Waals surface area contributed by atoms with Gasteiger partial charge in [0.2, 0.25) is 5.91 Å². The summed E-state index contributed by atoms with van der Waals surface area (Å²) in [6.45, 7) is 1.38. The highest BCUT2D eigenvalue weighted by molar-refractivity contribution is 6.31. The van der Waals surface area contributed by atoms with Crippen LogP contribution in [0.3, 0.4) is 0 Å². The molecular weight excluding hydrogens is 258 g/mol. The average molecular weight is 270 g/mol. The average Bonchev–Trinajstić information content (AvgIpc) is 2.81. The van der Waals surface area contributed by atoms with Crippen LogP contribution >= 0.6 is 11.6 Å². The monoisotopic (exact) mass is 269 g/mol. The number of anilines is 1. The Bertz CT molecular complexity index is 486. The van der Waals surface area contributed by atoms with Crippen LogP contribution in [0.2, 0.25) is 5.02 Å². The summed E-state index contributed by atoms with van der Waals surface area (Å²) < 4.78 is 0. The van der Waals surface area contributed by atoms with Crippen LogP contribution in [-0.2, 0) is 4.79 Å². The maximum atomic E-state index is 11.9. The second-order valence-electron chi connectivity index (χ2n) is 4.10. The standard InChI is InChI=1S/C11H12ClN3O3/c12-8-1-2-10(15(17)18)9(5-8)14-11(16)7-3-4-13-6-7/h1-2,5,7,13H,3-4,6H2,(H,14,16). The molecule has 1 saturated heterocycles. The molecule has 2 rings (SSSR count). The lowest BCUT2D eigenvalue weighted by Gasteiger charge is -2.10. The van der Waals surface area contributed by atoms with E-state index in [2.05, 4.69) is 10.6 Å². The summed E-state index contributed by atoms with van der Waals surface area (Å²) in [7, 11) is 0. The van der Waals surface area contributed by atoms with E-state index in [-0.39, 0.29) is 23.2 Å². The van der Waals surface area contributed by atoms with Gasteiger partial charge < -0.3 is 10.6 Å². The molecule has 1 aliphatic rings.